The standard InChI is InChI=1S/C13H24O2S2/c1-16-7-3-12(14)11-2-6-15-13(10-11)4-8-17-9-5-13/h11-12,14H,2-10H2,1H3. The maximum atomic E-state index is 10.2. The first-order chi connectivity index (χ1) is 8.26. The van der Waals surface area contributed by atoms with Crippen LogP contribution in [0.25, 0.3) is 0 Å². The van der Waals surface area contributed by atoms with Crippen LogP contribution in [-0.2, 0) is 4.74 Å². The van der Waals surface area contributed by atoms with E-state index in [0.717, 1.165) is 31.6 Å². The van der Waals surface area contributed by atoms with E-state index in [1.165, 1.54) is 24.3 Å². The van der Waals surface area contributed by atoms with Crippen LogP contribution >= 0.6 is 23.5 Å². The van der Waals surface area contributed by atoms with Gasteiger partial charge in [-0.15, -0.1) is 0 Å². The quantitative estimate of drug-likeness (QED) is 0.855. The molecule has 1 N–H and O–H groups in total. The molecule has 4 heteroatoms. The largest absolute Gasteiger partial charge is 0.393 e. The Morgan fingerprint density at radius 2 is 2.24 bits per heavy atom. The normalized spacial score (nSPS) is 30.4. The number of aliphatic hydroxyl groups is 1. The molecule has 0 saturated carbocycles. The molecule has 0 aliphatic carbocycles. The van der Waals surface area contributed by atoms with Crippen LogP contribution in [0.5, 0.6) is 0 Å². The lowest BCUT2D eigenvalue weighted by atomic mass is 9.79. The summed E-state index contributed by atoms with van der Waals surface area (Å²) in [6.45, 7) is 0.853. The number of thioether (sulfide) groups is 2. The number of aliphatic hydroxyl groups excluding tert-OH is 1. The van der Waals surface area contributed by atoms with Crippen LogP contribution in [-0.4, -0.2) is 46.9 Å². The van der Waals surface area contributed by atoms with E-state index in [2.05, 4.69) is 6.26 Å². The molecule has 0 bridgehead atoms. The van der Waals surface area contributed by atoms with Crippen LogP contribution < -0.4 is 0 Å². The average Bonchev–Trinajstić information content (AvgIpc) is 2.37. The number of hydrogen-bond donors (Lipinski definition) is 1. The Labute approximate surface area is 113 Å². The monoisotopic (exact) mass is 276 g/mol. The number of rotatable bonds is 4. The molecule has 0 amide bonds. The molecular weight excluding hydrogens is 252 g/mol. The van der Waals surface area contributed by atoms with E-state index in [1.807, 2.05) is 23.5 Å². The third kappa shape index (κ3) is 3.79. The van der Waals surface area contributed by atoms with E-state index >= 15 is 0 Å². The lowest BCUT2D eigenvalue weighted by Gasteiger charge is -2.44. The van der Waals surface area contributed by atoms with Crippen molar-refractivity contribution in [3.63, 3.8) is 0 Å². The first kappa shape index (κ1) is 14.0. The summed E-state index contributed by atoms with van der Waals surface area (Å²) in [4.78, 5) is 0. The summed E-state index contributed by atoms with van der Waals surface area (Å²) in [6.07, 6.45) is 7.44. The minimum atomic E-state index is -0.113. The Kier molecular flexibility index (Phi) is 5.52. The molecule has 2 aliphatic heterocycles. The molecular formula is C13H24O2S2. The highest BCUT2D eigenvalue weighted by Gasteiger charge is 2.40. The van der Waals surface area contributed by atoms with E-state index in [9.17, 15) is 5.11 Å². The third-order valence-corrected chi connectivity index (χ3v) is 5.73. The summed E-state index contributed by atoms with van der Waals surface area (Å²) >= 11 is 3.87. The average molecular weight is 276 g/mol. The molecule has 0 aromatic heterocycles. The molecule has 2 saturated heterocycles. The zero-order valence-electron chi connectivity index (χ0n) is 10.7. The van der Waals surface area contributed by atoms with Gasteiger partial charge in [0.2, 0.25) is 0 Å². The molecule has 0 aromatic carbocycles. The predicted octanol–water partition coefficient (Wildman–Crippen LogP) is 2.79. The van der Waals surface area contributed by atoms with Crippen molar-refractivity contribution in [2.24, 2.45) is 5.92 Å². The lowest BCUT2D eigenvalue weighted by molar-refractivity contribution is -0.120. The summed E-state index contributed by atoms with van der Waals surface area (Å²) in [7, 11) is 0. The van der Waals surface area contributed by atoms with Crippen LogP contribution in [0.2, 0.25) is 0 Å². The van der Waals surface area contributed by atoms with Gasteiger partial charge in [-0.1, -0.05) is 0 Å². The van der Waals surface area contributed by atoms with E-state index in [1.54, 1.807) is 0 Å². The van der Waals surface area contributed by atoms with Crippen molar-refractivity contribution in [2.75, 3.05) is 30.1 Å². The molecule has 2 atom stereocenters. The molecule has 2 nitrogen and oxygen atoms in total. The number of hydrogen-bond acceptors (Lipinski definition) is 4. The Hall–Kier alpha value is 0.620. The van der Waals surface area contributed by atoms with Gasteiger partial charge in [-0.05, 0) is 61.5 Å². The maximum Gasteiger partial charge on any atom is 0.0701 e. The van der Waals surface area contributed by atoms with Crippen molar-refractivity contribution in [2.45, 2.75) is 43.8 Å². The zero-order valence-corrected chi connectivity index (χ0v) is 12.3. The third-order valence-electron chi connectivity index (χ3n) is 4.10. The van der Waals surface area contributed by atoms with Gasteiger partial charge < -0.3 is 9.84 Å². The van der Waals surface area contributed by atoms with Crippen LogP contribution in [0.3, 0.4) is 0 Å². The Balaban J connectivity index is 1.87. The van der Waals surface area contributed by atoms with Gasteiger partial charge in [-0.2, -0.15) is 23.5 Å². The fourth-order valence-electron chi connectivity index (χ4n) is 2.96. The van der Waals surface area contributed by atoms with Gasteiger partial charge >= 0.3 is 0 Å². The molecule has 0 radical (unpaired) electrons. The Morgan fingerprint density at radius 1 is 1.47 bits per heavy atom. The molecule has 2 aliphatic rings. The van der Waals surface area contributed by atoms with E-state index in [0.29, 0.717) is 5.92 Å². The van der Waals surface area contributed by atoms with Gasteiger partial charge in [0.15, 0.2) is 0 Å². The summed E-state index contributed by atoms with van der Waals surface area (Å²) in [5.74, 6) is 4.00. The van der Waals surface area contributed by atoms with Crippen molar-refractivity contribution < 1.29 is 9.84 Å². The van der Waals surface area contributed by atoms with Crippen LogP contribution in [0.4, 0.5) is 0 Å². The van der Waals surface area contributed by atoms with Gasteiger partial charge in [-0.25, -0.2) is 0 Å². The SMILES string of the molecule is CSCCC(O)C1CCOC2(CCSCC2)C1. The van der Waals surface area contributed by atoms with Crippen molar-refractivity contribution >= 4 is 23.5 Å². The second-order valence-corrected chi connectivity index (χ2v) is 7.46. The molecule has 17 heavy (non-hydrogen) atoms. The first-order valence-corrected chi connectivity index (χ1v) is 9.19. The minimum Gasteiger partial charge on any atom is -0.393 e. The topological polar surface area (TPSA) is 29.5 Å². The molecule has 2 fully saturated rings. The Morgan fingerprint density at radius 3 is 2.94 bits per heavy atom. The van der Waals surface area contributed by atoms with Crippen molar-refractivity contribution in [1.29, 1.82) is 0 Å². The molecule has 2 rings (SSSR count). The van der Waals surface area contributed by atoms with Gasteiger partial charge in [0.25, 0.3) is 0 Å². The van der Waals surface area contributed by atoms with Crippen LogP contribution in [0.15, 0.2) is 0 Å². The summed E-state index contributed by atoms with van der Waals surface area (Å²) < 4.78 is 6.06. The summed E-state index contributed by atoms with van der Waals surface area (Å²) in [5.41, 5.74) is 0.120. The highest BCUT2D eigenvalue weighted by molar-refractivity contribution is 7.99. The van der Waals surface area contributed by atoms with E-state index in [-0.39, 0.29) is 11.7 Å². The number of ether oxygens (including phenoxy) is 1. The van der Waals surface area contributed by atoms with Crippen molar-refractivity contribution in [1.82, 2.24) is 0 Å². The van der Waals surface area contributed by atoms with E-state index in [4.69, 9.17) is 4.74 Å². The van der Waals surface area contributed by atoms with Gasteiger partial charge in [-0.3, -0.25) is 0 Å². The predicted molar refractivity (Wildman–Crippen MR) is 77.0 cm³/mol. The summed E-state index contributed by atoms with van der Waals surface area (Å²) in [5, 5.41) is 10.2. The molecule has 2 heterocycles. The minimum absolute atomic E-state index is 0.113. The first-order valence-electron chi connectivity index (χ1n) is 6.64. The van der Waals surface area contributed by atoms with Gasteiger partial charge in [0.1, 0.15) is 0 Å². The highest BCUT2D eigenvalue weighted by Crippen LogP contribution is 2.41. The molecule has 100 valence electrons. The lowest BCUT2D eigenvalue weighted by Crippen LogP contribution is -2.45. The highest BCUT2D eigenvalue weighted by atomic mass is 32.2. The van der Waals surface area contributed by atoms with Crippen LogP contribution in [0, 0.1) is 5.92 Å². The fraction of sp³-hybridized carbons (Fsp3) is 1.00. The fourth-order valence-corrected chi connectivity index (χ4v) is 4.67. The van der Waals surface area contributed by atoms with Crippen molar-refractivity contribution in [3.05, 3.63) is 0 Å². The second-order valence-electron chi connectivity index (χ2n) is 5.25. The second kappa shape index (κ2) is 6.69. The molecule has 2 unspecified atom stereocenters. The van der Waals surface area contributed by atoms with Crippen LogP contribution in [0.1, 0.15) is 32.1 Å². The maximum absolute atomic E-state index is 10.2. The molecule has 1 spiro atoms. The van der Waals surface area contributed by atoms with Crippen molar-refractivity contribution in [3.8, 4) is 0 Å². The van der Waals surface area contributed by atoms with Gasteiger partial charge in [0.05, 0.1) is 11.7 Å². The summed E-state index contributed by atoms with van der Waals surface area (Å²) in [6, 6.07) is 0. The zero-order chi connectivity index (χ0) is 12.1. The van der Waals surface area contributed by atoms with E-state index < -0.39 is 0 Å². The molecule has 0 aromatic rings. The van der Waals surface area contributed by atoms with Gasteiger partial charge in [0, 0.05) is 6.61 Å². The Bertz CT molecular complexity index is 224. The smallest absolute Gasteiger partial charge is 0.0701 e.